The zero-order valence-corrected chi connectivity index (χ0v) is 11.8. The molecule has 1 aliphatic carbocycles. The molecule has 0 radical (unpaired) electrons. The first-order valence-corrected chi connectivity index (χ1v) is 7.16. The normalized spacial score (nSPS) is 22.9. The third-order valence-electron chi connectivity index (χ3n) is 3.62. The number of hydrogen-bond acceptors (Lipinski definition) is 4. The molecule has 5 nitrogen and oxygen atoms in total. The largest absolute Gasteiger partial charge is 0.393 e. The van der Waals surface area contributed by atoms with Crippen molar-refractivity contribution in [3.63, 3.8) is 0 Å². The van der Waals surface area contributed by atoms with Gasteiger partial charge in [0.15, 0.2) is 0 Å². The van der Waals surface area contributed by atoms with E-state index < -0.39 is 0 Å². The number of aliphatic hydroxyl groups excluding tert-OH is 1. The average molecular weight is 278 g/mol. The minimum Gasteiger partial charge on any atom is -0.393 e. The molecule has 0 spiro atoms. The fourth-order valence-electron chi connectivity index (χ4n) is 2.45. The van der Waals surface area contributed by atoms with Crippen LogP contribution in [0.1, 0.15) is 37.9 Å². The van der Waals surface area contributed by atoms with E-state index in [0.717, 1.165) is 5.69 Å². The molecule has 1 aromatic heterocycles. The molecule has 2 N–H and O–H groups in total. The van der Waals surface area contributed by atoms with Crippen LogP contribution in [0.15, 0.2) is 24.4 Å². The Morgan fingerprint density at radius 1 is 1.55 bits per heavy atom. The molecule has 0 bridgehead atoms. The molecule has 0 saturated heterocycles. The highest BCUT2D eigenvalue weighted by Crippen LogP contribution is 2.37. The molecule has 2 rings (SSSR count). The highest BCUT2D eigenvalue weighted by molar-refractivity contribution is 5.76. The third kappa shape index (κ3) is 4.02. The van der Waals surface area contributed by atoms with Gasteiger partial charge < -0.3 is 15.2 Å². The maximum Gasteiger partial charge on any atom is 0.222 e. The summed E-state index contributed by atoms with van der Waals surface area (Å²) in [6.07, 6.45) is 3.27. The first kappa shape index (κ1) is 14.9. The van der Waals surface area contributed by atoms with Gasteiger partial charge in [0.05, 0.1) is 24.4 Å². The fraction of sp³-hybridized carbons (Fsp3) is 0.600. The second-order valence-electron chi connectivity index (χ2n) is 5.13. The standard InChI is InChI=1S/C15H22N2O3/c1-2-20-8-6-14(19)17-15(11-9-12(18)10-11)13-5-3-4-7-16-13/h3-5,7,11-12,15,18H,2,6,8-10H2,1H3,(H,17,19)/t11?,12?,15-/m1/s1. The van der Waals surface area contributed by atoms with Crippen molar-refractivity contribution in [1.82, 2.24) is 10.3 Å². The van der Waals surface area contributed by atoms with Gasteiger partial charge in [-0.1, -0.05) is 6.07 Å². The number of amides is 1. The Morgan fingerprint density at radius 2 is 2.35 bits per heavy atom. The van der Waals surface area contributed by atoms with Crippen molar-refractivity contribution in [3.8, 4) is 0 Å². The summed E-state index contributed by atoms with van der Waals surface area (Å²) < 4.78 is 5.19. The number of aliphatic hydroxyl groups is 1. The number of nitrogens with one attached hydrogen (secondary N) is 1. The quantitative estimate of drug-likeness (QED) is 0.740. The lowest BCUT2D eigenvalue weighted by molar-refractivity contribution is -0.124. The summed E-state index contributed by atoms with van der Waals surface area (Å²) in [7, 11) is 0. The molecule has 1 aromatic rings. The van der Waals surface area contributed by atoms with E-state index >= 15 is 0 Å². The highest BCUT2D eigenvalue weighted by Gasteiger charge is 2.36. The lowest BCUT2D eigenvalue weighted by atomic mass is 9.76. The molecule has 1 saturated carbocycles. The Kier molecular flexibility index (Phi) is 5.49. The van der Waals surface area contributed by atoms with Crippen LogP contribution in [0.4, 0.5) is 0 Å². The van der Waals surface area contributed by atoms with Gasteiger partial charge in [0, 0.05) is 19.2 Å². The molecule has 1 aliphatic rings. The van der Waals surface area contributed by atoms with Crippen molar-refractivity contribution in [3.05, 3.63) is 30.1 Å². The van der Waals surface area contributed by atoms with Crippen molar-refractivity contribution in [2.45, 2.75) is 38.3 Å². The van der Waals surface area contributed by atoms with E-state index in [9.17, 15) is 9.90 Å². The number of hydrogen-bond donors (Lipinski definition) is 2. The van der Waals surface area contributed by atoms with E-state index in [1.807, 2.05) is 25.1 Å². The van der Waals surface area contributed by atoms with Gasteiger partial charge in [0.1, 0.15) is 0 Å². The van der Waals surface area contributed by atoms with Crippen LogP contribution in [-0.4, -0.2) is 35.3 Å². The number of aromatic nitrogens is 1. The summed E-state index contributed by atoms with van der Waals surface area (Å²) in [4.78, 5) is 16.3. The second-order valence-corrected chi connectivity index (χ2v) is 5.13. The van der Waals surface area contributed by atoms with Crippen molar-refractivity contribution in [1.29, 1.82) is 0 Å². The maximum absolute atomic E-state index is 11.9. The minimum absolute atomic E-state index is 0.0320. The summed E-state index contributed by atoms with van der Waals surface area (Å²) >= 11 is 0. The monoisotopic (exact) mass is 278 g/mol. The van der Waals surface area contributed by atoms with Gasteiger partial charge in [0.25, 0.3) is 0 Å². The van der Waals surface area contributed by atoms with Crippen LogP contribution in [-0.2, 0) is 9.53 Å². The lowest BCUT2D eigenvalue weighted by Gasteiger charge is -2.37. The summed E-state index contributed by atoms with van der Waals surface area (Å²) in [5.41, 5.74) is 0.856. The molecule has 1 amide bonds. The molecule has 0 unspecified atom stereocenters. The van der Waals surface area contributed by atoms with Gasteiger partial charge in [-0.15, -0.1) is 0 Å². The summed E-state index contributed by atoms with van der Waals surface area (Å²) in [6.45, 7) is 2.96. The van der Waals surface area contributed by atoms with E-state index in [4.69, 9.17) is 4.74 Å². The molecule has 5 heteroatoms. The number of rotatable bonds is 7. The average Bonchev–Trinajstić information content (AvgIpc) is 2.43. The highest BCUT2D eigenvalue weighted by atomic mass is 16.5. The topological polar surface area (TPSA) is 71.5 Å². The molecule has 1 fully saturated rings. The second kappa shape index (κ2) is 7.36. The number of carbonyl (C=O) groups excluding carboxylic acids is 1. The number of ether oxygens (including phenoxy) is 1. The molecule has 1 heterocycles. The zero-order chi connectivity index (χ0) is 14.4. The van der Waals surface area contributed by atoms with Crippen LogP contribution in [0.2, 0.25) is 0 Å². The van der Waals surface area contributed by atoms with Crippen molar-refractivity contribution in [2.75, 3.05) is 13.2 Å². The van der Waals surface area contributed by atoms with Gasteiger partial charge in [-0.25, -0.2) is 0 Å². The van der Waals surface area contributed by atoms with E-state index in [1.54, 1.807) is 6.20 Å². The summed E-state index contributed by atoms with van der Waals surface area (Å²) in [5.74, 6) is 0.228. The Bertz CT molecular complexity index is 418. The van der Waals surface area contributed by atoms with E-state index in [-0.39, 0.29) is 24.0 Å². The van der Waals surface area contributed by atoms with Crippen LogP contribution in [0, 0.1) is 5.92 Å². The molecular weight excluding hydrogens is 256 g/mol. The van der Waals surface area contributed by atoms with Crippen LogP contribution in [0.5, 0.6) is 0 Å². The van der Waals surface area contributed by atoms with Gasteiger partial charge in [0.2, 0.25) is 5.91 Å². The number of nitrogens with zero attached hydrogens (tertiary/aromatic N) is 1. The smallest absolute Gasteiger partial charge is 0.222 e. The third-order valence-corrected chi connectivity index (χ3v) is 3.62. The number of pyridine rings is 1. The van der Waals surface area contributed by atoms with E-state index in [0.29, 0.717) is 32.5 Å². The van der Waals surface area contributed by atoms with Crippen LogP contribution >= 0.6 is 0 Å². The zero-order valence-electron chi connectivity index (χ0n) is 11.8. The van der Waals surface area contributed by atoms with Crippen LogP contribution in [0.3, 0.4) is 0 Å². The minimum atomic E-state index is -0.244. The van der Waals surface area contributed by atoms with E-state index in [1.165, 1.54) is 0 Å². The van der Waals surface area contributed by atoms with Gasteiger partial charge in [-0.2, -0.15) is 0 Å². The van der Waals surface area contributed by atoms with Gasteiger partial charge in [-0.3, -0.25) is 9.78 Å². The molecule has 1 atom stereocenters. The molecule has 110 valence electrons. The lowest BCUT2D eigenvalue weighted by Crippen LogP contribution is -2.42. The first-order chi connectivity index (χ1) is 9.70. The van der Waals surface area contributed by atoms with E-state index in [2.05, 4.69) is 10.3 Å². The van der Waals surface area contributed by atoms with Crippen molar-refractivity contribution >= 4 is 5.91 Å². The van der Waals surface area contributed by atoms with Crippen molar-refractivity contribution < 1.29 is 14.6 Å². The first-order valence-electron chi connectivity index (χ1n) is 7.16. The molecule has 0 aliphatic heterocycles. The molecule has 0 aromatic carbocycles. The Morgan fingerprint density at radius 3 is 2.95 bits per heavy atom. The molecule has 20 heavy (non-hydrogen) atoms. The van der Waals surface area contributed by atoms with Crippen LogP contribution in [0.25, 0.3) is 0 Å². The van der Waals surface area contributed by atoms with Crippen LogP contribution < -0.4 is 5.32 Å². The SMILES string of the molecule is CCOCCC(=O)N[C@@H](c1ccccn1)C1CC(O)C1. The summed E-state index contributed by atoms with van der Waals surface area (Å²) in [5, 5.41) is 12.5. The van der Waals surface area contributed by atoms with Crippen molar-refractivity contribution in [2.24, 2.45) is 5.92 Å². The Labute approximate surface area is 119 Å². The summed E-state index contributed by atoms with van der Waals surface area (Å²) in [6, 6.07) is 5.57. The predicted molar refractivity (Wildman–Crippen MR) is 75.0 cm³/mol. The van der Waals surface area contributed by atoms with Gasteiger partial charge >= 0.3 is 0 Å². The number of carbonyl (C=O) groups is 1. The Balaban J connectivity index is 1.95. The Hall–Kier alpha value is -1.46. The fourth-order valence-corrected chi connectivity index (χ4v) is 2.45. The molecular formula is C15H22N2O3. The predicted octanol–water partition coefficient (Wildman–Crippen LogP) is 1.44. The maximum atomic E-state index is 11.9. The van der Waals surface area contributed by atoms with Gasteiger partial charge in [-0.05, 0) is 37.8 Å².